The van der Waals surface area contributed by atoms with Gasteiger partial charge in [-0.05, 0) is 6.42 Å². The van der Waals surface area contributed by atoms with Crippen LogP contribution in [0.4, 0.5) is 0 Å². The van der Waals surface area contributed by atoms with Crippen LogP contribution in [0.1, 0.15) is 26.7 Å². The highest BCUT2D eigenvalue weighted by atomic mass is 32.2. The Morgan fingerprint density at radius 3 is 2.33 bits per heavy atom. The summed E-state index contributed by atoms with van der Waals surface area (Å²) >= 11 is 0. The van der Waals surface area contributed by atoms with Gasteiger partial charge in [-0.15, -0.1) is 0 Å². The normalized spacial score (nSPS) is 20.5. The Morgan fingerprint density at radius 1 is 1.28 bits per heavy atom. The Hall–Kier alpha value is -0.680. The molecule has 0 spiro atoms. The molecule has 0 amide bonds. The molecule has 1 rings (SSSR count). The molecule has 1 heterocycles. The number of nitrogens with zero attached hydrogens (tertiary/aromatic N) is 3. The van der Waals surface area contributed by atoms with Gasteiger partial charge in [0, 0.05) is 32.7 Å². The molecule has 1 aliphatic heterocycles. The molecule has 104 valence electrons. The van der Waals surface area contributed by atoms with Gasteiger partial charge in [-0.1, -0.05) is 20.3 Å². The number of rotatable bonds is 6. The highest BCUT2D eigenvalue weighted by Gasteiger charge is 2.28. The van der Waals surface area contributed by atoms with Crippen molar-refractivity contribution in [2.24, 2.45) is 0 Å². The summed E-state index contributed by atoms with van der Waals surface area (Å²) in [6.07, 6.45) is 1.81. The molecule has 0 aromatic carbocycles. The minimum Gasteiger partial charge on any atom is -0.285 e. The molecular formula is C11H22N4O2S. The second kappa shape index (κ2) is 7.04. The zero-order valence-corrected chi connectivity index (χ0v) is 11.9. The van der Waals surface area contributed by atoms with Crippen molar-refractivity contribution in [3.63, 3.8) is 0 Å². The van der Waals surface area contributed by atoms with Crippen molar-refractivity contribution in [2.45, 2.75) is 32.7 Å². The van der Waals surface area contributed by atoms with Crippen molar-refractivity contribution in [3.8, 4) is 6.07 Å². The van der Waals surface area contributed by atoms with Crippen molar-refractivity contribution < 1.29 is 8.42 Å². The highest BCUT2D eigenvalue weighted by Crippen LogP contribution is 2.12. The molecular weight excluding hydrogens is 252 g/mol. The predicted octanol–water partition coefficient (Wildman–Crippen LogP) is 0.151. The van der Waals surface area contributed by atoms with Crippen LogP contribution in [0.2, 0.25) is 0 Å². The van der Waals surface area contributed by atoms with Crippen LogP contribution in [0.25, 0.3) is 0 Å². The van der Waals surface area contributed by atoms with Crippen molar-refractivity contribution in [1.82, 2.24) is 13.9 Å². The Morgan fingerprint density at radius 2 is 1.89 bits per heavy atom. The van der Waals surface area contributed by atoms with Gasteiger partial charge in [-0.25, -0.2) is 4.72 Å². The Labute approximate surface area is 110 Å². The predicted molar refractivity (Wildman–Crippen MR) is 70.1 cm³/mol. The molecule has 18 heavy (non-hydrogen) atoms. The Kier molecular flexibility index (Phi) is 6.02. The van der Waals surface area contributed by atoms with Gasteiger partial charge in [0.15, 0.2) is 0 Å². The monoisotopic (exact) mass is 274 g/mol. The zero-order valence-electron chi connectivity index (χ0n) is 11.1. The fourth-order valence-electron chi connectivity index (χ4n) is 2.13. The molecule has 1 N–H and O–H groups in total. The van der Waals surface area contributed by atoms with E-state index in [2.05, 4.69) is 22.6 Å². The zero-order chi connectivity index (χ0) is 13.6. The molecule has 7 heteroatoms. The topological polar surface area (TPSA) is 76.4 Å². The molecule has 1 saturated heterocycles. The first-order chi connectivity index (χ1) is 8.55. The largest absolute Gasteiger partial charge is 0.285 e. The molecule has 0 saturated carbocycles. The lowest BCUT2D eigenvalue weighted by molar-refractivity contribution is 0.156. The quantitative estimate of drug-likeness (QED) is 0.748. The number of nitrogens with one attached hydrogen (secondary N) is 1. The summed E-state index contributed by atoms with van der Waals surface area (Å²) in [6, 6.07) is 2.21. The van der Waals surface area contributed by atoms with Crippen LogP contribution in [-0.2, 0) is 10.2 Å². The van der Waals surface area contributed by atoms with Crippen molar-refractivity contribution in [1.29, 1.82) is 5.26 Å². The second-order valence-electron chi connectivity index (χ2n) is 4.37. The van der Waals surface area contributed by atoms with E-state index in [1.807, 2.05) is 0 Å². The van der Waals surface area contributed by atoms with E-state index >= 15 is 0 Å². The van der Waals surface area contributed by atoms with Crippen LogP contribution >= 0.6 is 0 Å². The minimum atomic E-state index is -3.33. The molecule has 0 aromatic heterocycles. The third-order valence-electron chi connectivity index (χ3n) is 3.09. The van der Waals surface area contributed by atoms with Gasteiger partial charge in [-0.3, -0.25) is 4.90 Å². The van der Waals surface area contributed by atoms with Gasteiger partial charge in [0.05, 0.1) is 12.1 Å². The van der Waals surface area contributed by atoms with Crippen LogP contribution in [-0.4, -0.2) is 56.4 Å². The van der Waals surface area contributed by atoms with Gasteiger partial charge >= 0.3 is 0 Å². The summed E-state index contributed by atoms with van der Waals surface area (Å²) in [4.78, 5) is 2.07. The molecule has 0 bridgehead atoms. The average Bonchev–Trinajstić information content (AvgIpc) is 2.36. The second-order valence-corrected chi connectivity index (χ2v) is 6.13. The molecule has 0 aliphatic carbocycles. The lowest BCUT2D eigenvalue weighted by atomic mass is 10.1. The molecule has 0 radical (unpaired) electrons. The summed E-state index contributed by atoms with van der Waals surface area (Å²) in [5.41, 5.74) is 0. The van der Waals surface area contributed by atoms with Crippen LogP contribution in [0, 0.1) is 11.3 Å². The third-order valence-corrected chi connectivity index (χ3v) is 4.79. The van der Waals surface area contributed by atoms with Gasteiger partial charge in [0.2, 0.25) is 0 Å². The maximum absolute atomic E-state index is 11.8. The summed E-state index contributed by atoms with van der Waals surface area (Å²) < 4.78 is 27.5. The molecule has 0 aromatic rings. The molecule has 6 nitrogen and oxygen atoms in total. The smallest absolute Gasteiger partial charge is 0.279 e. The van der Waals surface area contributed by atoms with Crippen molar-refractivity contribution in [2.75, 3.05) is 32.7 Å². The van der Waals surface area contributed by atoms with E-state index in [1.54, 1.807) is 6.92 Å². The van der Waals surface area contributed by atoms with Crippen molar-refractivity contribution in [3.05, 3.63) is 0 Å². The van der Waals surface area contributed by atoms with E-state index in [9.17, 15) is 8.42 Å². The van der Waals surface area contributed by atoms with E-state index in [4.69, 9.17) is 5.26 Å². The number of hydrogen-bond donors (Lipinski definition) is 1. The summed E-state index contributed by atoms with van der Waals surface area (Å²) in [7, 11) is -3.33. The SMILES string of the molecule is CCCC(C#N)N1CCN(S(=O)(=O)NCC)CC1. The average molecular weight is 274 g/mol. The summed E-state index contributed by atoms with van der Waals surface area (Å²) in [6.45, 7) is 6.39. The summed E-state index contributed by atoms with van der Waals surface area (Å²) in [5.74, 6) is 0. The molecule has 1 atom stereocenters. The maximum atomic E-state index is 11.8. The Balaban J connectivity index is 2.53. The van der Waals surface area contributed by atoms with E-state index in [0.29, 0.717) is 32.7 Å². The van der Waals surface area contributed by atoms with Crippen LogP contribution in [0.15, 0.2) is 0 Å². The van der Waals surface area contributed by atoms with Crippen LogP contribution in [0.5, 0.6) is 0 Å². The van der Waals surface area contributed by atoms with Crippen LogP contribution < -0.4 is 4.72 Å². The number of nitriles is 1. The fraction of sp³-hybridized carbons (Fsp3) is 0.909. The van der Waals surface area contributed by atoms with Gasteiger partial charge in [0.25, 0.3) is 10.2 Å². The minimum absolute atomic E-state index is 0.0843. The van der Waals surface area contributed by atoms with E-state index in [1.165, 1.54) is 4.31 Å². The first kappa shape index (κ1) is 15.4. The third kappa shape index (κ3) is 3.92. The van der Waals surface area contributed by atoms with Gasteiger partial charge in [0.1, 0.15) is 0 Å². The van der Waals surface area contributed by atoms with Gasteiger partial charge < -0.3 is 0 Å². The van der Waals surface area contributed by atoms with E-state index in [0.717, 1.165) is 12.8 Å². The Bertz CT molecular complexity index is 382. The first-order valence-corrected chi connectivity index (χ1v) is 7.87. The van der Waals surface area contributed by atoms with Gasteiger partial charge in [-0.2, -0.15) is 18.0 Å². The first-order valence-electron chi connectivity index (χ1n) is 6.43. The summed E-state index contributed by atoms with van der Waals surface area (Å²) in [5, 5.41) is 9.08. The number of piperazine rings is 1. The molecule has 1 unspecified atom stereocenters. The van der Waals surface area contributed by atoms with E-state index in [-0.39, 0.29) is 6.04 Å². The standard InChI is InChI=1S/C11H22N4O2S/c1-3-5-11(10-12)14-6-8-15(9-7-14)18(16,17)13-4-2/h11,13H,3-9H2,1-2H3. The fourth-order valence-corrected chi connectivity index (χ4v) is 3.32. The van der Waals surface area contributed by atoms with Crippen molar-refractivity contribution >= 4 is 10.2 Å². The van der Waals surface area contributed by atoms with Crippen LogP contribution in [0.3, 0.4) is 0 Å². The molecule has 1 aliphatic rings. The lowest BCUT2D eigenvalue weighted by Crippen LogP contribution is -2.54. The lowest BCUT2D eigenvalue weighted by Gasteiger charge is -2.36. The van der Waals surface area contributed by atoms with E-state index < -0.39 is 10.2 Å². The number of hydrogen-bond acceptors (Lipinski definition) is 4. The maximum Gasteiger partial charge on any atom is 0.279 e. The molecule has 1 fully saturated rings. The highest BCUT2D eigenvalue weighted by molar-refractivity contribution is 7.87.